The minimum atomic E-state index is 0.292. The van der Waals surface area contributed by atoms with E-state index in [1.807, 2.05) is 26.0 Å². The molecule has 0 spiro atoms. The van der Waals surface area contributed by atoms with Crippen LogP contribution in [-0.4, -0.2) is 5.78 Å². The van der Waals surface area contributed by atoms with Gasteiger partial charge in [-0.25, -0.2) is 0 Å². The van der Waals surface area contributed by atoms with E-state index in [9.17, 15) is 4.79 Å². The lowest BCUT2D eigenvalue weighted by molar-refractivity contribution is 0.0958. The first-order valence-corrected chi connectivity index (χ1v) is 6.18. The molecule has 88 valence electrons. The Balaban J connectivity index is 2.80. The van der Waals surface area contributed by atoms with Crippen molar-refractivity contribution in [3.05, 3.63) is 34.9 Å². The van der Waals surface area contributed by atoms with Gasteiger partial charge in [0.1, 0.15) is 0 Å². The highest BCUT2D eigenvalue weighted by molar-refractivity contribution is 5.96. The largest absolute Gasteiger partial charge is 0.294 e. The minimum Gasteiger partial charge on any atom is -0.294 e. The first-order valence-electron chi connectivity index (χ1n) is 6.18. The van der Waals surface area contributed by atoms with Gasteiger partial charge < -0.3 is 0 Å². The highest BCUT2D eigenvalue weighted by Crippen LogP contribution is 2.18. The Bertz CT molecular complexity index is 341. The second-order valence-electron chi connectivity index (χ2n) is 4.69. The predicted molar refractivity (Wildman–Crippen MR) is 68.9 cm³/mol. The quantitative estimate of drug-likeness (QED) is 0.673. The number of Topliss-reactive ketones (excluding diaryl/α,β-unsaturated/α-hetero) is 1. The summed E-state index contributed by atoms with van der Waals surface area (Å²) < 4.78 is 0. The zero-order valence-electron chi connectivity index (χ0n) is 10.8. The van der Waals surface area contributed by atoms with Crippen LogP contribution < -0.4 is 0 Å². The molecule has 0 fully saturated rings. The smallest absolute Gasteiger partial charge is 0.163 e. The molecular formula is C15H22O. The van der Waals surface area contributed by atoms with Gasteiger partial charge in [0.2, 0.25) is 0 Å². The Morgan fingerprint density at radius 1 is 1.06 bits per heavy atom. The molecule has 1 nitrogen and oxygen atoms in total. The molecular weight excluding hydrogens is 196 g/mol. The second-order valence-corrected chi connectivity index (χ2v) is 4.69. The van der Waals surface area contributed by atoms with Gasteiger partial charge in [0.15, 0.2) is 5.78 Å². The molecule has 0 heterocycles. The standard InChI is InChI=1S/C15H22O/c1-5-13(6-2)10-15(16)14-8-11(3)7-12(4)9-14/h7-9,13H,5-6,10H2,1-4H3. The molecule has 1 aromatic rings. The lowest BCUT2D eigenvalue weighted by Crippen LogP contribution is -2.08. The van der Waals surface area contributed by atoms with Crippen molar-refractivity contribution in [1.29, 1.82) is 0 Å². The van der Waals surface area contributed by atoms with E-state index >= 15 is 0 Å². The fourth-order valence-corrected chi connectivity index (χ4v) is 2.09. The van der Waals surface area contributed by atoms with Gasteiger partial charge in [-0.05, 0) is 31.9 Å². The zero-order valence-corrected chi connectivity index (χ0v) is 10.8. The van der Waals surface area contributed by atoms with E-state index in [2.05, 4.69) is 19.9 Å². The molecule has 0 atom stereocenters. The van der Waals surface area contributed by atoms with E-state index in [-0.39, 0.29) is 0 Å². The fourth-order valence-electron chi connectivity index (χ4n) is 2.09. The molecule has 1 aromatic carbocycles. The van der Waals surface area contributed by atoms with Crippen LogP contribution >= 0.6 is 0 Å². The van der Waals surface area contributed by atoms with Crippen molar-refractivity contribution in [3.8, 4) is 0 Å². The molecule has 0 amide bonds. The van der Waals surface area contributed by atoms with Crippen LogP contribution in [0.3, 0.4) is 0 Å². The summed E-state index contributed by atoms with van der Waals surface area (Å²) in [6.07, 6.45) is 2.87. The summed E-state index contributed by atoms with van der Waals surface area (Å²) in [5.41, 5.74) is 3.23. The van der Waals surface area contributed by atoms with Gasteiger partial charge in [-0.3, -0.25) is 4.79 Å². The third-order valence-electron chi connectivity index (χ3n) is 3.17. The number of hydrogen-bond acceptors (Lipinski definition) is 1. The predicted octanol–water partition coefficient (Wildman–Crippen LogP) is 4.31. The number of rotatable bonds is 5. The van der Waals surface area contributed by atoms with E-state index in [0.29, 0.717) is 18.1 Å². The molecule has 0 saturated carbocycles. The van der Waals surface area contributed by atoms with Crippen molar-refractivity contribution in [2.75, 3.05) is 0 Å². The summed E-state index contributed by atoms with van der Waals surface area (Å²) in [5.74, 6) is 0.828. The number of aryl methyl sites for hydroxylation is 2. The molecule has 0 N–H and O–H groups in total. The Morgan fingerprint density at radius 3 is 2.00 bits per heavy atom. The number of benzene rings is 1. The third-order valence-corrected chi connectivity index (χ3v) is 3.17. The first-order chi connectivity index (χ1) is 7.56. The summed E-state index contributed by atoms with van der Waals surface area (Å²) >= 11 is 0. The highest BCUT2D eigenvalue weighted by atomic mass is 16.1. The Labute approximate surface area is 98.9 Å². The first kappa shape index (κ1) is 13.0. The van der Waals surface area contributed by atoms with Gasteiger partial charge in [0, 0.05) is 12.0 Å². The van der Waals surface area contributed by atoms with E-state index in [1.54, 1.807) is 0 Å². The average molecular weight is 218 g/mol. The number of carbonyl (C=O) groups excluding carboxylic acids is 1. The summed E-state index contributed by atoms with van der Waals surface area (Å²) in [4.78, 5) is 12.1. The topological polar surface area (TPSA) is 17.1 Å². The van der Waals surface area contributed by atoms with E-state index < -0.39 is 0 Å². The van der Waals surface area contributed by atoms with Gasteiger partial charge in [-0.1, -0.05) is 43.9 Å². The SMILES string of the molecule is CCC(CC)CC(=O)c1cc(C)cc(C)c1. The molecule has 0 saturated heterocycles. The van der Waals surface area contributed by atoms with Crippen LogP contribution in [0.25, 0.3) is 0 Å². The van der Waals surface area contributed by atoms with Crippen LogP contribution in [0.15, 0.2) is 18.2 Å². The van der Waals surface area contributed by atoms with Gasteiger partial charge in [-0.2, -0.15) is 0 Å². The highest BCUT2D eigenvalue weighted by Gasteiger charge is 2.12. The Hall–Kier alpha value is -1.11. The molecule has 0 aliphatic heterocycles. The van der Waals surface area contributed by atoms with E-state index in [0.717, 1.165) is 18.4 Å². The lowest BCUT2D eigenvalue weighted by atomic mass is 9.93. The van der Waals surface area contributed by atoms with Gasteiger partial charge in [-0.15, -0.1) is 0 Å². The maximum atomic E-state index is 12.1. The maximum Gasteiger partial charge on any atom is 0.163 e. The molecule has 0 bridgehead atoms. The van der Waals surface area contributed by atoms with Crippen molar-refractivity contribution in [2.24, 2.45) is 5.92 Å². The van der Waals surface area contributed by atoms with Crippen molar-refractivity contribution < 1.29 is 4.79 Å². The fraction of sp³-hybridized carbons (Fsp3) is 0.533. The lowest BCUT2D eigenvalue weighted by Gasteiger charge is -2.11. The molecule has 0 unspecified atom stereocenters. The van der Waals surface area contributed by atoms with E-state index in [1.165, 1.54) is 11.1 Å². The number of hydrogen-bond donors (Lipinski definition) is 0. The normalized spacial score (nSPS) is 10.8. The summed E-state index contributed by atoms with van der Waals surface area (Å²) in [6.45, 7) is 8.40. The molecule has 0 aliphatic rings. The van der Waals surface area contributed by atoms with Crippen LogP contribution in [-0.2, 0) is 0 Å². The van der Waals surface area contributed by atoms with Crippen LogP contribution in [0.5, 0.6) is 0 Å². The van der Waals surface area contributed by atoms with Crippen LogP contribution in [0.4, 0.5) is 0 Å². The van der Waals surface area contributed by atoms with E-state index in [4.69, 9.17) is 0 Å². The van der Waals surface area contributed by atoms with Crippen LogP contribution in [0.2, 0.25) is 0 Å². The van der Waals surface area contributed by atoms with Crippen molar-refractivity contribution >= 4 is 5.78 Å². The monoisotopic (exact) mass is 218 g/mol. The molecule has 0 aliphatic carbocycles. The number of ketones is 1. The zero-order chi connectivity index (χ0) is 12.1. The Kier molecular flexibility index (Phi) is 4.72. The third kappa shape index (κ3) is 3.48. The summed E-state index contributed by atoms with van der Waals surface area (Å²) in [6, 6.07) is 6.10. The van der Waals surface area contributed by atoms with Crippen molar-refractivity contribution in [1.82, 2.24) is 0 Å². The van der Waals surface area contributed by atoms with Crippen molar-refractivity contribution in [3.63, 3.8) is 0 Å². The second kappa shape index (κ2) is 5.83. The van der Waals surface area contributed by atoms with Crippen LogP contribution in [0, 0.1) is 19.8 Å². The van der Waals surface area contributed by atoms with Gasteiger partial charge in [0.25, 0.3) is 0 Å². The van der Waals surface area contributed by atoms with Crippen molar-refractivity contribution in [2.45, 2.75) is 47.0 Å². The Morgan fingerprint density at radius 2 is 1.56 bits per heavy atom. The van der Waals surface area contributed by atoms with Crippen LogP contribution in [0.1, 0.15) is 54.6 Å². The maximum absolute atomic E-state index is 12.1. The molecule has 0 radical (unpaired) electrons. The number of carbonyl (C=O) groups is 1. The molecule has 1 rings (SSSR count). The minimum absolute atomic E-state index is 0.292. The average Bonchev–Trinajstić information content (AvgIpc) is 2.24. The molecule has 0 aromatic heterocycles. The molecule has 16 heavy (non-hydrogen) atoms. The summed E-state index contributed by atoms with van der Waals surface area (Å²) in [7, 11) is 0. The molecule has 1 heteroatoms. The summed E-state index contributed by atoms with van der Waals surface area (Å²) in [5, 5.41) is 0. The van der Waals surface area contributed by atoms with Gasteiger partial charge in [0.05, 0.1) is 0 Å². The van der Waals surface area contributed by atoms with Gasteiger partial charge >= 0.3 is 0 Å².